The van der Waals surface area contributed by atoms with Gasteiger partial charge in [-0.3, -0.25) is 4.79 Å². The van der Waals surface area contributed by atoms with Crippen LogP contribution in [0.2, 0.25) is 0 Å². The van der Waals surface area contributed by atoms with Gasteiger partial charge in [-0.2, -0.15) is 0 Å². The molecule has 0 unspecified atom stereocenters. The van der Waals surface area contributed by atoms with E-state index in [1.54, 1.807) is 17.7 Å². The fraction of sp³-hybridized carbons (Fsp3) is 0.207. The number of hydrogen-bond acceptors (Lipinski definition) is 5. The largest absolute Gasteiger partial charge is 0.497 e. The van der Waals surface area contributed by atoms with Gasteiger partial charge in [0, 0.05) is 23.6 Å². The molecule has 0 atom stereocenters. The first-order valence-corrected chi connectivity index (χ1v) is 11.2. The lowest BCUT2D eigenvalue weighted by Crippen LogP contribution is -2.27. The van der Waals surface area contributed by atoms with Gasteiger partial charge < -0.3 is 9.47 Å². The van der Waals surface area contributed by atoms with Gasteiger partial charge in [0.25, 0.3) is 0 Å². The Labute approximate surface area is 204 Å². The minimum absolute atomic E-state index is 0.444. The van der Waals surface area contributed by atoms with Crippen LogP contribution < -0.4 is 4.74 Å². The van der Waals surface area contributed by atoms with Gasteiger partial charge >= 0.3 is 6.09 Å². The summed E-state index contributed by atoms with van der Waals surface area (Å²) in [6.07, 6.45) is 0.516. The van der Waals surface area contributed by atoms with Gasteiger partial charge in [0.2, 0.25) is 0 Å². The molecule has 2 heterocycles. The second kappa shape index (κ2) is 9.86. The van der Waals surface area contributed by atoms with E-state index in [9.17, 15) is 9.59 Å². The van der Waals surface area contributed by atoms with E-state index in [0.717, 1.165) is 27.9 Å². The molecule has 0 spiro atoms. The first kappa shape index (κ1) is 23.8. The number of aldehydes is 1. The molecule has 0 amide bonds. The van der Waals surface area contributed by atoms with Crippen LogP contribution in [0.4, 0.5) is 4.79 Å². The van der Waals surface area contributed by atoms with Gasteiger partial charge in [-0.15, -0.1) is 0 Å². The van der Waals surface area contributed by atoms with Gasteiger partial charge in [-0.1, -0.05) is 36.4 Å². The number of fused-ring (bicyclic) bond motifs is 1. The van der Waals surface area contributed by atoms with Crippen LogP contribution in [0.3, 0.4) is 0 Å². The third-order valence-electron chi connectivity index (χ3n) is 5.33. The molecule has 0 aliphatic heterocycles. The summed E-state index contributed by atoms with van der Waals surface area (Å²) in [5.74, 6) is 5.78. The Balaban J connectivity index is 1.99. The first-order valence-electron chi connectivity index (χ1n) is 11.2. The number of benzene rings is 2. The molecule has 176 valence electrons. The van der Waals surface area contributed by atoms with Gasteiger partial charge in [0.1, 0.15) is 17.0 Å². The summed E-state index contributed by atoms with van der Waals surface area (Å²) in [5.41, 5.74) is 3.81. The molecular formula is C29H26N2O4. The van der Waals surface area contributed by atoms with Crippen molar-refractivity contribution < 1.29 is 19.1 Å². The van der Waals surface area contributed by atoms with Crippen molar-refractivity contribution in [3.8, 4) is 28.8 Å². The molecule has 35 heavy (non-hydrogen) atoms. The van der Waals surface area contributed by atoms with Crippen molar-refractivity contribution >= 4 is 23.3 Å². The highest BCUT2D eigenvalue weighted by Crippen LogP contribution is 2.37. The molecule has 6 nitrogen and oxygen atoms in total. The quantitative estimate of drug-likeness (QED) is 0.288. The number of ether oxygens (including phenoxy) is 2. The maximum atomic E-state index is 13.5. The van der Waals surface area contributed by atoms with Crippen LogP contribution in [0, 0.1) is 11.8 Å². The van der Waals surface area contributed by atoms with E-state index in [1.807, 2.05) is 81.4 Å². The predicted octanol–water partition coefficient (Wildman–Crippen LogP) is 5.64. The number of nitrogens with zero attached hydrogens (tertiary/aromatic N) is 2. The Bertz CT molecular complexity index is 1450. The van der Waals surface area contributed by atoms with Crippen LogP contribution in [0.5, 0.6) is 5.75 Å². The van der Waals surface area contributed by atoms with Crippen LogP contribution in [0.1, 0.15) is 37.7 Å². The van der Waals surface area contributed by atoms with Crippen LogP contribution in [-0.2, 0) is 16.0 Å². The summed E-state index contributed by atoms with van der Waals surface area (Å²) in [6, 6.07) is 20.9. The molecule has 0 fully saturated rings. The minimum Gasteiger partial charge on any atom is -0.497 e. The highest BCUT2D eigenvalue weighted by Gasteiger charge is 2.27. The minimum atomic E-state index is -0.673. The lowest BCUT2D eigenvalue weighted by Gasteiger charge is -2.21. The molecular weight excluding hydrogens is 440 g/mol. The topological polar surface area (TPSA) is 70.4 Å². The van der Waals surface area contributed by atoms with Gasteiger partial charge in [0.15, 0.2) is 6.29 Å². The number of carbonyl (C=O) groups excluding carboxylic acids is 2. The first-order chi connectivity index (χ1) is 16.8. The van der Waals surface area contributed by atoms with E-state index >= 15 is 0 Å². The molecule has 6 heteroatoms. The highest BCUT2D eigenvalue weighted by atomic mass is 16.6. The lowest BCUT2D eigenvalue weighted by atomic mass is 10.0. The van der Waals surface area contributed by atoms with Crippen molar-refractivity contribution in [2.75, 3.05) is 7.11 Å². The maximum Gasteiger partial charge on any atom is 0.419 e. The van der Waals surface area contributed by atoms with Crippen LogP contribution in [0.15, 0.2) is 66.7 Å². The molecule has 0 aliphatic carbocycles. The summed E-state index contributed by atoms with van der Waals surface area (Å²) >= 11 is 0. The smallest absolute Gasteiger partial charge is 0.419 e. The van der Waals surface area contributed by atoms with Crippen molar-refractivity contribution in [1.29, 1.82) is 0 Å². The molecule has 4 aromatic rings. The van der Waals surface area contributed by atoms with Crippen molar-refractivity contribution in [3.05, 3.63) is 83.7 Å². The standard InChI is InChI=1S/C29H26N2O4/c1-29(2,3)35-28(33)31-26-19-23(34-4)15-16-24(26)25(27(31)20-10-6-5-7-11-20)18-22-13-8-12-21(30-22)14-9-17-32/h5-8,10-13,15-17,19H,18H2,1-4H3. The van der Waals surface area contributed by atoms with E-state index in [4.69, 9.17) is 9.47 Å². The molecule has 4 rings (SSSR count). The van der Waals surface area contributed by atoms with Crippen molar-refractivity contribution in [2.45, 2.75) is 32.8 Å². The Morgan fingerprint density at radius 3 is 2.51 bits per heavy atom. The van der Waals surface area contributed by atoms with E-state index < -0.39 is 11.7 Å². The molecule has 2 aromatic heterocycles. The summed E-state index contributed by atoms with van der Waals surface area (Å²) in [7, 11) is 1.59. The monoisotopic (exact) mass is 466 g/mol. The molecule has 0 saturated heterocycles. The van der Waals surface area contributed by atoms with E-state index in [2.05, 4.69) is 16.8 Å². The Hall–Kier alpha value is -4.37. The van der Waals surface area contributed by atoms with E-state index in [1.165, 1.54) is 0 Å². The van der Waals surface area contributed by atoms with Gasteiger partial charge in [-0.05, 0) is 68.0 Å². The summed E-state index contributed by atoms with van der Waals surface area (Å²) in [6.45, 7) is 5.53. The van der Waals surface area contributed by atoms with Crippen LogP contribution in [-0.4, -0.2) is 34.6 Å². The zero-order valence-corrected chi connectivity index (χ0v) is 20.2. The van der Waals surface area contributed by atoms with E-state index in [0.29, 0.717) is 29.7 Å². The number of aromatic nitrogens is 2. The van der Waals surface area contributed by atoms with Crippen molar-refractivity contribution in [1.82, 2.24) is 9.55 Å². The summed E-state index contributed by atoms with van der Waals surface area (Å²) < 4.78 is 12.9. The zero-order chi connectivity index (χ0) is 25.0. The average molecular weight is 467 g/mol. The third-order valence-corrected chi connectivity index (χ3v) is 5.33. The highest BCUT2D eigenvalue weighted by molar-refractivity contribution is 6.00. The van der Waals surface area contributed by atoms with Gasteiger partial charge in [0.05, 0.1) is 18.3 Å². The second-order valence-electron chi connectivity index (χ2n) is 8.97. The number of hydrogen-bond donors (Lipinski definition) is 0. The summed E-state index contributed by atoms with van der Waals surface area (Å²) in [4.78, 5) is 28.8. The van der Waals surface area contributed by atoms with Crippen molar-refractivity contribution in [2.24, 2.45) is 0 Å². The zero-order valence-electron chi connectivity index (χ0n) is 20.2. The summed E-state index contributed by atoms with van der Waals surface area (Å²) in [5, 5.41) is 0.890. The van der Waals surface area contributed by atoms with Gasteiger partial charge in [-0.25, -0.2) is 14.3 Å². The number of methoxy groups -OCH3 is 1. The molecule has 0 radical (unpaired) electrons. The number of rotatable bonds is 4. The molecule has 0 saturated carbocycles. The molecule has 2 aromatic carbocycles. The third kappa shape index (κ3) is 5.25. The lowest BCUT2D eigenvalue weighted by molar-refractivity contribution is -0.103. The number of pyridine rings is 1. The molecule has 0 bridgehead atoms. The normalized spacial score (nSPS) is 11.0. The average Bonchev–Trinajstić information content (AvgIpc) is 3.15. The number of carbonyl (C=O) groups is 2. The van der Waals surface area contributed by atoms with Crippen molar-refractivity contribution in [3.63, 3.8) is 0 Å². The SMILES string of the molecule is COc1ccc2c(Cc3cccc(C#CC=O)n3)c(-c3ccccc3)n(C(=O)OC(C)(C)C)c2c1. The predicted molar refractivity (Wildman–Crippen MR) is 136 cm³/mol. The Kier molecular flexibility index (Phi) is 6.70. The second-order valence-corrected chi connectivity index (χ2v) is 8.97. The van der Waals surface area contributed by atoms with Crippen LogP contribution in [0.25, 0.3) is 22.2 Å². The fourth-order valence-corrected chi connectivity index (χ4v) is 3.97. The van der Waals surface area contributed by atoms with Crippen LogP contribution >= 0.6 is 0 Å². The molecule has 0 aliphatic rings. The fourth-order valence-electron chi connectivity index (χ4n) is 3.97. The van der Waals surface area contributed by atoms with E-state index in [-0.39, 0.29) is 0 Å². The molecule has 0 N–H and O–H groups in total. The Morgan fingerprint density at radius 1 is 1.06 bits per heavy atom. The maximum absolute atomic E-state index is 13.5. The Morgan fingerprint density at radius 2 is 1.83 bits per heavy atom.